The molecular weight excluding hydrogens is 310 g/mol. The predicted molar refractivity (Wildman–Crippen MR) is 108 cm³/mol. The number of piperidine rings is 1. The van der Waals surface area contributed by atoms with Crippen LogP contribution in [-0.2, 0) is 16.0 Å². The molecule has 0 bridgehead atoms. The molecule has 0 aromatic heterocycles. The van der Waals surface area contributed by atoms with Crippen molar-refractivity contribution in [2.24, 2.45) is 5.92 Å². The van der Waals surface area contributed by atoms with Crippen LogP contribution in [0.5, 0.6) is 0 Å². The highest BCUT2D eigenvalue weighted by Crippen LogP contribution is 2.22. The number of nitrogens with zero attached hydrogens (tertiary/aromatic N) is 1. The largest absolute Gasteiger partial charge is 0.388 e. The van der Waals surface area contributed by atoms with E-state index in [1.165, 1.54) is 36.0 Å². The highest BCUT2D eigenvalue weighted by molar-refractivity contribution is 5.58. The Hall–Kier alpha value is -1.19. The van der Waals surface area contributed by atoms with Crippen LogP contribution in [0.2, 0.25) is 0 Å². The van der Waals surface area contributed by atoms with Gasteiger partial charge in [-0.15, -0.1) is 0 Å². The number of hydrogen-bond donors (Lipinski definition) is 0. The Morgan fingerprint density at radius 2 is 1.72 bits per heavy atom. The van der Waals surface area contributed by atoms with Gasteiger partial charge in [-0.1, -0.05) is 45.4 Å². The summed E-state index contributed by atoms with van der Waals surface area (Å²) in [4.78, 5) is 13.8. The van der Waals surface area contributed by atoms with Gasteiger partial charge in [0.15, 0.2) is 0 Å². The SMILES string of the molecule is CC.CCC1CCN(C(C=O)Cc2ccc(C)c(C)c2)CC1.COC. The number of rotatable bonds is 5. The minimum Gasteiger partial charge on any atom is -0.388 e. The first-order valence-corrected chi connectivity index (χ1v) is 9.71. The van der Waals surface area contributed by atoms with Crippen molar-refractivity contribution in [3.8, 4) is 0 Å². The van der Waals surface area contributed by atoms with Crippen LogP contribution in [-0.4, -0.2) is 44.5 Å². The molecule has 0 aliphatic carbocycles. The first kappa shape index (κ1) is 23.8. The summed E-state index contributed by atoms with van der Waals surface area (Å²) in [7, 11) is 3.25. The summed E-state index contributed by atoms with van der Waals surface area (Å²) in [6.07, 6.45) is 5.75. The first-order valence-electron chi connectivity index (χ1n) is 9.71. The molecule has 144 valence electrons. The van der Waals surface area contributed by atoms with Crippen LogP contribution >= 0.6 is 0 Å². The van der Waals surface area contributed by atoms with Gasteiger partial charge >= 0.3 is 0 Å². The Kier molecular flexibility index (Phi) is 13.4. The maximum absolute atomic E-state index is 11.5. The van der Waals surface area contributed by atoms with Gasteiger partial charge in [0.25, 0.3) is 0 Å². The average molecular weight is 350 g/mol. The Balaban J connectivity index is 0.00000104. The van der Waals surface area contributed by atoms with Crippen LogP contribution in [0.25, 0.3) is 0 Å². The van der Waals surface area contributed by atoms with Crippen LogP contribution in [0, 0.1) is 19.8 Å². The van der Waals surface area contributed by atoms with Crippen molar-refractivity contribution < 1.29 is 9.53 Å². The summed E-state index contributed by atoms with van der Waals surface area (Å²) in [6.45, 7) is 12.7. The fraction of sp³-hybridized carbons (Fsp3) is 0.682. The lowest BCUT2D eigenvalue weighted by molar-refractivity contribution is -0.113. The van der Waals surface area contributed by atoms with Crippen LogP contribution in [0.15, 0.2) is 18.2 Å². The van der Waals surface area contributed by atoms with E-state index in [-0.39, 0.29) is 6.04 Å². The molecule has 0 amide bonds. The second kappa shape index (κ2) is 14.0. The Morgan fingerprint density at radius 1 is 1.16 bits per heavy atom. The topological polar surface area (TPSA) is 29.5 Å². The number of methoxy groups -OCH3 is 1. The Morgan fingerprint density at radius 3 is 2.16 bits per heavy atom. The van der Waals surface area contributed by atoms with Crippen LogP contribution in [0.1, 0.15) is 56.7 Å². The fourth-order valence-electron chi connectivity index (χ4n) is 3.13. The number of aldehydes is 1. The highest BCUT2D eigenvalue weighted by atomic mass is 16.4. The van der Waals surface area contributed by atoms with Crippen molar-refractivity contribution in [1.82, 2.24) is 4.90 Å². The monoisotopic (exact) mass is 349 g/mol. The molecule has 2 rings (SSSR count). The number of ether oxygens (including phenoxy) is 1. The number of hydrogen-bond acceptors (Lipinski definition) is 3. The van der Waals surface area contributed by atoms with Crippen LogP contribution in [0.3, 0.4) is 0 Å². The van der Waals surface area contributed by atoms with Gasteiger partial charge in [0.05, 0.1) is 6.04 Å². The maximum Gasteiger partial charge on any atom is 0.137 e. The molecule has 0 N–H and O–H groups in total. The molecule has 0 spiro atoms. The minimum atomic E-state index is 0.0508. The number of aryl methyl sites for hydroxylation is 2. The zero-order valence-electron chi connectivity index (χ0n) is 17.5. The molecule has 1 atom stereocenters. The normalized spacial score (nSPS) is 16.1. The third kappa shape index (κ3) is 8.64. The quantitative estimate of drug-likeness (QED) is 0.714. The molecule has 0 saturated carbocycles. The summed E-state index contributed by atoms with van der Waals surface area (Å²) in [5.74, 6) is 0.861. The van der Waals surface area contributed by atoms with E-state index in [1.54, 1.807) is 14.2 Å². The van der Waals surface area contributed by atoms with E-state index in [1.807, 2.05) is 13.8 Å². The fourth-order valence-corrected chi connectivity index (χ4v) is 3.13. The molecule has 1 heterocycles. The molecule has 1 fully saturated rings. The molecule has 1 unspecified atom stereocenters. The van der Waals surface area contributed by atoms with E-state index in [0.29, 0.717) is 0 Å². The standard InChI is InChI=1S/C18H27NO.C2H6O.C2H6/c1-4-16-7-9-19(10-8-16)18(13-20)12-17-6-5-14(2)15(3)11-17;1-3-2;1-2/h5-6,11,13,16,18H,4,7-10,12H2,1-3H3;1-2H3;1-2H3. The molecular formula is C22H39NO2. The van der Waals surface area contributed by atoms with Crippen molar-refractivity contribution in [1.29, 1.82) is 0 Å². The lowest BCUT2D eigenvalue weighted by Crippen LogP contribution is -2.43. The van der Waals surface area contributed by atoms with Gasteiger partial charge in [-0.05, 0) is 68.8 Å². The van der Waals surface area contributed by atoms with Gasteiger partial charge in [0, 0.05) is 14.2 Å². The number of carbonyl (C=O) groups is 1. The van der Waals surface area contributed by atoms with E-state index in [9.17, 15) is 4.79 Å². The molecule has 1 aromatic carbocycles. The van der Waals surface area contributed by atoms with E-state index in [4.69, 9.17) is 0 Å². The summed E-state index contributed by atoms with van der Waals surface area (Å²) < 4.78 is 4.25. The second-order valence-electron chi connectivity index (χ2n) is 6.62. The van der Waals surface area contributed by atoms with Crippen molar-refractivity contribution in [3.05, 3.63) is 34.9 Å². The smallest absolute Gasteiger partial charge is 0.137 e. The van der Waals surface area contributed by atoms with E-state index >= 15 is 0 Å². The molecule has 0 radical (unpaired) electrons. The van der Waals surface area contributed by atoms with E-state index < -0.39 is 0 Å². The van der Waals surface area contributed by atoms with Gasteiger partial charge in [-0.2, -0.15) is 0 Å². The van der Waals surface area contributed by atoms with Crippen molar-refractivity contribution >= 4 is 6.29 Å². The highest BCUT2D eigenvalue weighted by Gasteiger charge is 2.24. The number of carbonyl (C=O) groups excluding carboxylic acids is 1. The van der Waals surface area contributed by atoms with Gasteiger partial charge < -0.3 is 9.53 Å². The van der Waals surface area contributed by atoms with E-state index in [0.717, 1.165) is 31.7 Å². The van der Waals surface area contributed by atoms with Gasteiger partial charge in [0.2, 0.25) is 0 Å². The molecule has 1 aliphatic rings. The summed E-state index contributed by atoms with van der Waals surface area (Å²) in [5, 5.41) is 0. The molecule has 25 heavy (non-hydrogen) atoms. The number of benzene rings is 1. The average Bonchev–Trinajstić information content (AvgIpc) is 2.65. The molecule has 3 nitrogen and oxygen atoms in total. The zero-order chi connectivity index (χ0) is 19.2. The molecule has 1 aromatic rings. The summed E-state index contributed by atoms with van der Waals surface area (Å²) in [5.41, 5.74) is 3.92. The lowest BCUT2D eigenvalue weighted by atomic mass is 9.92. The minimum absolute atomic E-state index is 0.0508. The maximum atomic E-state index is 11.5. The molecule has 1 aliphatic heterocycles. The Bertz CT molecular complexity index is 465. The Labute approximate surface area is 155 Å². The van der Waals surface area contributed by atoms with Gasteiger partial charge in [0.1, 0.15) is 6.29 Å². The van der Waals surface area contributed by atoms with Crippen molar-refractivity contribution in [2.45, 2.75) is 66.3 Å². The van der Waals surface area contributed by atoms with Crippen LogP contribution in [0.4, 0.5) is 0 Å². The number of likely N-dealkylation sites (tertiary alicyclic amines) is 1. The second-order valence-corrected chi connectivity index (χ2v) is 6.62. The summed E-state index contributed by atoms with van der Waals surface area (Å²) >= 11 is 0. The van der Waals surface area contributed by atoms with Crippen molar-refractivity contribution in [2.75, 3.05) is 27.3 Å². The lowest BCUT2D eigenvalue weighted by Gasteiger charge is -2.35. The van der Waals surface area contributed by atoms with Gasteiger partial charge in [-0.25, -0.2) is 0 Å². The zero-order valence-corrected chi connectivity index (χ0v) is 17.5. The summed E-state index contributed by atoms with van der Waals surface area (Å²) in [6, 6.07) is 6.60. The van der Waals surface area contributed by atoms with Crippen LogP contribution < -0.4 is 0 Å². The predicted octanol–water partition coefficient (Wildman–Crippen LogP) is 4.82. The third-order valence-corrected chi connectivity index (χ3v) is 4.87. The molecule has 1 saturated heterocycles. The third-order valence-electron chi connectivity index (χ3n) is 4.87. The van der Waals surface area contributed by atoms with Crippen molar-refractivity contribution in [3.63, 3.8) is 0 Å². The first-order chi connectivity index (χ1) is 12.0. The van der Waals surface area contributed by atoms with Gasteiger partial charge in [-0.3, -0.25) is 4.90 Å². The molecule has 3 heteroatoms. The van der Waals surface area contributed by atoms with E-state index in [2.05, 4.69) is 48.6 Å².